The molecule has 1 aromatic rings. The fourth-order valence-corrected chi connectivity index (χ4v) is 6.35. The first-order valence-electron chi connectivity index (χ1n) is 11.4. The van der Waals surface area contributed by atoms with E-state index in [0.717, 1.165) is 11.1 Å². The first-order chi connectivity index (χ1) is 14.8. The second-order valence-corrected chi connectivity index (χ2v) is 15.7. The lowest BCUT2D eigenvalue weighted by Crippen LogP contribution is -2.67. The van der Waals surface area contributed by atoms with Crippen molar-refractivity contribution in [2.45, 2.75) is 83.5 Å². The molecule has 2 fully saturated rings. The molecule has 0 aromatic heterocycles. The smallest absolute Gasteiger partial charge is 0.417 e. The second-order valence-electron chi connectivity index (χ2n) is 10.9. The maximum absolute atomic E-state index is 13.5. The van der Waals surface area contributed by atoms with Gasteiger partial charge in [-0.2, -0.15) is 0 Å². The number of nitrogens with zero attached hydrogens (tertiary/aromatic N) is 1. The number of nitrogens with one attached hydrogen (secondary N) is 1. The van der Waals surface area contributed by atoms with Gasteiger partial charge in [-0.15, -0.1) is 0 Å². The summed E-state index contributed by atoms with van der Waals surface area (Å²) in [6.45, 7) is 14.5. The zero-order valence-corrected chi connectivity index (χ0v) is 21.0. The topological polar surface area (TPSA) is 84.9 Å². The highest BCUT2D eigenvalue weighted by Gasteiger charge is 2.55. The number of β-lactam (4-membered cyclic amide) rings is 1. The van der Waals surface area contributed by atoms with Crippen molar-refractivity contribution in [3.05, 3.63) is 35.4 Å². The molecular formula is C24H34N2O5Si. The molecule has 1 aliphatic carbocycles. The predicted molar refractivity (Wildman–Crippen MR) is 122 cm³/mol. The third-order valence-corrected chi connectivity index (χ3v) is 12.4. The quantitative estimate of drug-likeness (QED) is 0.536. The van der Waals surface area contributed by atoms with Crippen LogP contribution in [0.1, 0.15) is 51.8 Å². The Balaban J connectivity index is 1.51. The summed E-state index contributed by atoms with van der Waals surface area (Å²) in [4.78, 5) is 39.9. The Morgan fingerprint density at radius 1 is 1.22 bits per heavy atom. The van der Waals surface area contributed by atoms with Gasteiger partial charge in [0, 0.05) is 6.42 Å². The van der Waals surface area contributed by atoms with Crippen LogP contribution in [0.3, 0.4) is 0 Å². The Kier molecular flexibility index (Phi) is 5.53. The highest BCUT2D eigenvalue weighted by atomic mass is 28.4. The third kappa shape index (κ3) is 3.57. The van der Waals surface area contributed by atoms with Crippen molar-refractivity contribution in [3.8, 4) is 0 Å². The first-order valence-corrected chi connectivity index (χ1v) is 14.3. The summed E-state index contributed by atoms with van der Waals surface area (Å²) in [6.07, 6.45) is -0.636. The van der Waals surface area contributed by atoms with Gasteiger partial charge in [-0.3, -0.25) is 9.59 Å². The number of benzene rings is 1. The molecule has 0 radical (unpaired) electrons. The highest BCUT2D eigenvalue weighted by Crippen LogP contribution is 2.44. The van der Waals surface area contributed by atoms with Crippen molar-refractivity contribution in [2.75, 3.05) is 0 Å². The van der Waals surface area contributed by atoms with Crippen LogP contribution in [0.5, 0.6) is 0 Å². The largest absolute Gasteiger partial charge is 0.443 e. The van der Waals surface area contributed by atoms with E-state index in [-0.39, 0.29) is 35.1 Å². The molecule has 2 saturated heterocycles. The van der Waals surface area contributed by atoms with Crippen LogP contribution in [0.4, 0.5) is 4.79 Å². The van der Waals surface area contributed by atoms with Crippen LogP contribution in [0.2, 0.25) is 18.1 Å². The lowest BCUT2D eigenvalue weighted by Gasteiger charge is -2.47. The Morgan fingerprint density at radius 2 is 1.88 bits per heavy atom. The van der Waals surface area contributed by atoms with E-state index in [0.29, 0.717) is 6.42 Å². The van der Waals surface area contributed by atoms with Crippen molar-refractivity contribution in [1.82, 2.24) is 10.2 Å². The summed E-state index contributed by atoms with van der Waals surface area (Å²) in [5.41, 5.74) is 2.07. The molecule has 0 bridgehead atoms. The fraction of sp³-hybridized carbons (Fsp3) is 0.625. The van der Waals surface area contributed by atoms with Crippen LogP contribution < -0.4 is 5.32 Å². The molecule has 3 amide bonds. The van der Waals surface area contributed by atoms with Gasteiger partial charge in [0.1, 0.15) is 12.1 Å². The molecule has 6 atom stereocenters. The molecule has 174 valence electrons. The van der Waals surface area contributed by atoms with Gasteiger partial charge >= 0.3 is 6.09 Å². The molecule has 3 aliphatic rings. The van der Waals surface area contributed by atoms with E-state index in [1.165, 1.54) is 4.90 Å². The second kappa shape index (κ2) is 7.69. The molecule has 7 nitrogen and oxygen atoms in total. The van der Waals surface area contributed by atoms with Crippen molar-refractivity contribution in [2.24, 2.45) is 11.8 Å². The minimum absolute atomic E-state index is 0.0165. The van der Waals surface area contributed by atoms with Crippen molar-refractivity contribution in [1.29, 1.82) is 0 Å². The molecular weight excluding hydrogens is 424 g/mol. The van der Waals surface area contributed by atoms with Crippen molar-refractivity contribution < 1.29 is 23.5 Å². The van der Waals surface area contributed by atoms with Crippen LogP contribution in [0.25, 0.3) is 0 Å². The number of amides is 3. The molecule has 2 heterocycles. The predicted octanol–water partition coefficient (Wildman–Crippen LogP) is 3.79. The molecule has 0 spiro atoms. The van der Waals surface area contributed by atoms with E-state index in [1.54, 1.807) is 6.92 Å². The monoisotopic (exact) mass is 458 g/mol. The number of carbonyl (C=O) groups excluding carboxylic acids is 3. The SMILES string of the molecule is C[C@@H](O[Si](C)(C)C(C)(C)C)[C@H]1C(=O)N[C@@H]1[C@@H](C)C(=O)N1C(=O)O[C@@H]2Cc3ccccc3[C@@H]21. The summed E-state index contributed by atoms with van der Waals surface area (Å²) < 4.78 is 12.0. The van der Waals surface area contributed by atoms with E-state index in [9.17, 15) is 14.4 Å². The fourth-order valence-electron chi connectivity index (χ4n) is 4.92. The molecule has 8 heteroatoms. The lowest BCUT2D eigenvalue weighted by atomic mass is 9.78. The Labute approximate surface area is 191 Å². The normalized spacial score (nSPS) is 28.9. The van der Waals surface area contributed by atoms with Crippen LogP contribution in [-0.2, 0) is 25.2 Å². The van der Waals surface area contributed by atoms with Gasteiger partial charge in [0.25, 0.3) is 0 Å². The summed E-state index contributed by atoms with van der Waals surface area (Å²) >= 11 is 0. The number of carbonyl (C=O) groups is 3. The molecule has 0 unspecified atom stereocenters. The first kappa shape index (κ1) is 23.0. The lowest BCUT2D eigenvalue weighted by molar-refractivity contribution is -0.147. The van der Waals surface area contributed by atoms with E-state index in [1.807, 2.05) is 31.2 Å². The summed E-state index contributed by atoms with van der Waals surface area (Å²) in [5, 5.41) is 2.91. The molecule has 0 saturated carbocycles. The number of hydrogen-bond donors (Lipinski definition) is 1. The van der Waals surface area contributed by atoms with E-state index < -0.39 is 32.3 Å². The number of imide groups is 1. The van der Waals surface area contributed by atoms with Crippen LogP contribution in [0.15, 0.2) is 24.3 Å². The Bertz CT molecular complexity index is 956. The average molecular weight is 459 g/mol. The standard InChI is InChI=1S/C24H34N2O5Si/c1-13(19-18(21(27)25-19)14(2)31-32(6,7)24(3,4)5)22(28)26-20-16-11-9-8-10-15(16)12-17(20)30-23(26)29/h8-11,13-14,17-20H,12H2,1-7H3,(H,25,27)/t13-,14-,17-,18-,19-,20+/m1/s1. The molecule has 1 N–H and O–H groups in total. The van der Waals surface area contributed by atoms with Gasteiger partial charge in [-0.1, -0.05) is 52.0 Å². The van der Waals surface area contributed by atoms with E-state index in [4.69, 9.17) is 9.16 Å². The molecule has 2 aliphatic heterocycles. The highest BCUT2D eigenvalue weighted by molar-refractivity contribution is 6.74. The van der Waals surface area contributed by atoms with Gasteiger partial charge in [0.05, 0.1) is 24.0 Å². The maximum atomic E-state index is 13.5. The average Bonchev–Trinajstić information content (AvgIpc) is 3.17. The summed E-state index contributed by atoms with van der Waals surface area (Å²) in [6, 6.07) is 7.06. The Morgan fingerprint density at radius 3 is 2.50 bits per heavy atom. The summed E-state index contributed by atoms with van der Waals surface area (Å²) in [7, 11) is -2.08. The molecule has 1 aromatic carbocycles. The van der Waals surface area contributed by atoms with Crippen molar-refractivity contribution >= 4 is 26.2 Å². The molecule has 32 heavy (non-hydrogen) atoms. The van der Waals surface area contributed by atoms with E-state index in [2.05, 4.69) is 39.2 Å². The van der Waals surface area contributed by atoms with Crippen LogP contribution in [0, 0.1) is 11.8 Å². The van der Waals surface area contributed by atoms with Crippen LogP contribution in [-0.4, -0.2) is 49.4 Å². The summed E-state index contributed by atoms with van der Waals surface area (Å²) in [5.74, 6) is -1.40. The number of ether oxygens (including phenoxy) is 1. The van der Waals surface area contributed by atoms with Gasteiger partial charge < -0.3 is 14.5 Å². The van der Waals surface area contributed by atoms with Gasteiger partial charge in [-0.05, 0) is 36.2 Å². The van der Waals surface area contributed by atoms with Gasteiger partial charge in [0.2, 0.25) is 11.8 Å². The van der Waals surface area contributed by atoms with Crippen molar-refractivity contribution in [3.63, 3.8) is 0 Å². The number of rotatable bonds is 5. The van der Waals surface area contributed by atoms with E-state index >= 15 is 0 Å². The third-order valence-electron chi connectivity index (χ3n) is 7.83. The zero-order chi connectivity index (χ0) is 23.6. The maximum Gasteiger partial charge on any atom is 0.417 e. The molecule has 4 rings (SSSR count). The number of hydrogen-bond acceptors (Lipinski definition) is 5. The minimum Gasteiger partial charge on any atom is -0.443 e. The Hall–Kier alpha value is -2.19. The van der Waals surface area contributed by atoms with Gasteiger partial charge in [-0.25, -0.2) is 9.69 Å². The minimum atomic E-state index is -2.08. The zero-order valence-electron chi connectivity index (χ0n) is 20.0. The van der Waals surface area contributed by atoms with Crippen LogP contribution >= 0.6 is 0 Å². The number of fused-ring (bicyclic) bond motifs is 3. The van der Waals surface area contributed by atoms with Gasteiger partial charge in [0.15, 0.2) is 8.32 Å².